The van der Waals surface area contributed by atoms with Gasteiger partial charge in [-0.3, -0.25) is 0 Å². The fourth-order valence-electron chi connectivity index (χ4n) is 2.10. The first-order chi connectivity index (χ1) is 9.24. The quantitative estimate of drug-likeness (QED) is 0.843. The van der Waals surface area contributed by atoms with Crippen molar-refractivity contribution in [2.45, 2.75) is 6.54 Å². The summed E-state index contributed by atoms with van der Waals surface area (Å²) in [4.78, 5) is 9.41. The summed E-state index contributed by atoms with van der Waals surface area (Å²) in [6.45, 7) is 1.55. The monoisotopic (exact) mass is 260 g/mol. The van der Waals surface area contributed by atoms with Crippen LogP contribution in [0.25, 0.3) is 0 Å². The Labute approximate surface area is 109 Å². The van der Waals surface area contributed by atoms with E-state index in [1.807, 2.05) is 24.3 Å². The molecule has 19 heavy (non-hydrogen) atoms. The maximum absolute atomic E-state index is 13.8. The number of anilines is 2. The molecule has 1 aromatic carbocycles. The van der Waals surface area contributed by atoms with Gasteiger partial charge in [0.25, 0.3) is 0 Å². The molecular weight excluding hydrogens is 247 g/mol. The van der Waals surface area contributed by atoms with Gasteiger partial charge in [-0.05, 0) is 6.07 Å². The fourth-order valence-corrected chi connectivity index (χ4v) is 2.10. The van der Waals surface area contributed by atoms with E-state index < -0.39 is 5.82 Å². The number of ether oxygens (including phenoxy) is 1. The van der Waals surface area contributed by atoms with Crippen molar-refractivity contribution >= 4 is 11.8 Å². The van der Waals surface area contributed by atoms with Gasteiger partial charge in [0, 0.05) is 12.1 Å². The molecule has 0 saturated heterocycles. The third kappa shape index (κ3) is 2.29. The molecule has 0 aliphatic carbocycles. The van der Waals surface area contributed by atoms with Crippen molar-refractivity contribution in [2.24, 2.45) is 0 Å². The summed E-state index contributed by atoms with van der Waals surface area (Å²) in [5.74, 6) is 0.628. The Morgan fingerprint density at radius 3 is 3.05 bits per heavy atom. The number of halogens is 1. The highest BCUT2D eigenvalue weighted by atomic mass is 19.1. The summed E-state index contributed by atoms with van der Waals surface area (Å²) in [7, 11) is 0. The summed E-state index contributed by atoms with van der Waals surface area (Å²) >= 11 is 0. The van der Waals surface area contributed by atoms with Crippen molar-refractivity contribution in [3.8, 4) is 5.75 Å². The van der Waals surface area contributed by atoms with Gasteiger partial charge in [-0.25, -0.2) is 9.37 Å². The lowest BCUT2D eigenvalue weighted by molar-refractivity contribution is 0.331. The molecule has 0 unspecified atom stereocenters. The molecule has 5 nitrogen and oxygen atoms in total. The van der Waals surface area contributed by atoms with Gasteiger partial charge in [0.2, 0.25) is 5.95 Å². The maximum Gasteiger partial charge on any atom is 0.222 e. The van der Waals surface area contributed by atoms with Crippen LogP contribution in [0.5, 0.6) is 5.75 Å². The van der Waals surface area contributed by atoms with E-state index in [1.54, 1.807) is 4.90 Å². The third-order valence-electron chi connectivity index (χ3n) is 3.00. The first-order valence-corrected chi connectivity index (χ1v) is 5.98. The van der Waals surface area contributed by atoms with Crippen LogP contribution in [-0.2, 0) is 6.54 Å². The number of nitrogens with two attached hydrogens (primary N) is 1. The van der Waals surface area contributed by atoms with E-state index in [2.05, 4.69) is 9.97 Å². The number of nitrogen functional groups attached to an aromatic ring is 1. The third-order valence-corrected chi connectivity index (χ3v) is 3.00. The minimum Gasteiger partial charge on any atom is -0.491 e. The second-order valence-electron chi connectivity index (χ2n) is 4.28. The van der Waals surface area contributed by atoms with Crippen LogP contribution in [0, 0.1) is 5.82 Å². The Morgan fingerprint density at radius 2 is 2.16 bits per heavy atom. The normalized spacial score (nSPS) is 14.5. The van der Waals surface area contributed by atoms with Gasteiger partial charge in [0.1, 0.15) is 12.4 Å². The van der Waals surface area contributed by atoms with Gasteiger partial charge in [0.15, 0.2) is 11.6 Å². The van der Waals surface area contributed by atoms with Crippen LogP contribution in [0.15, 0.2) is 30.5 Å². The Hall–Kier alpha value is -2.37. The first-order valence-electron chi connectivity index (χ1n) is 5.98. The molecule has 2 heterocycles. The van der Waals surface area contributed by atoms with Crippen molar-refractivity contribution < 1.29 is 9.13 Å². The number of para-hydroxylation sites is 1. The van der Waals surface area contributed by atoms with Gasteiger partial charge < -0.3 is 15.4 Å². The van der Waals surface area contributed by atoms with Crippen LogP contribution in [-0.4, -0.2) is 23.1 Å². The molecule has 1 aliphatic rings. The molecule has 0 spiro atoms. The zero-order valence-electron chi connectivity index (χ0n) is 10.2. The molecule has 3 rings (SSSR count). The standard InChI is InChI=1S/C13H13FN4O/c14-10-7-16-13(15)17-12(10)18-5-6-19-11-4-2-1-3-9(11)8-18/h1-4,7H,5-6,8H2,(H2,15,16,17). The Morgan fingerprint density at radius 1 is 1.32 bits per heavy atom. The molecule has 1 aromatic heterocycles. The van der Waals surface area contributed by atoms with Crippen molar-refractivity contribution in [1.82, 2.24) is 9.97 Å². The smallest absolute Gasteiger partial charge is 0.222 e. The topological polar surface area (TPSA) is 64.3 Å². The van der Waals surface area contributed by atoms with Crippen LogP contribution in [0.4, 0.5) is 16.2 Å². The zero-order valence-corrected chi connectivity index (χ0v) is 10.2. The highest BCUT2D eigenvalue weighted by molar-refractivity contribution is 5.46. The Balaban J connectivity index is 1.96. The average Bonchev–Trinajstić information content (AvgIpc) is 2.63. The van der Waals surface area contributed by atoms with Crippen LogP contribution in [0.3, 0.4) is 0 Å². The summed E-state index contributed by atoms with van der Waals surface area (Å²) < 4.78 is 19.4. The minimum atomic E-state index is -0.478. The molecule has 0 atom stereocenters. The molecule has 0 saturated carbocycles. The lowest BCUT2D eigenvalue weighted by Crippen LogP contribution is -2.27. The molecule has 0 bridgehead atoms. The van der Waals surface area contributed by atoms with Crippen LogP contribution in [0.1, 0.15) is 5.56 Å². The zero-order chi connectivity index (χ0) is 13.2. The van der Waals surface area contributed by atoms with Crippen molar-refractivity contribution in [3.63, 3.8) is 0 Å². The van der Waals surface area contributed by atoms with Crippen molar-refractivity contribution in [3.05, 3.63) is 41.8 Å². The minimum absolute atomic E-state index is 0.0647. The lowest BCUT2D eigenvalue weighted by Gasteiger charge is -2.21. The second kappa shape index (κ2) is 4.72. The number of hydrogen-bond acceptors (Lipinski definition) is 5. The molecule has 0 radical (unpaired) electrons. The summed E-state index contributed by atoms with van der Waals surface area (Å²) in [5.41, 5.74) is 6.52. The average molecular weight is 260 g/mol. The maximum atomic E-state index is 13.8. The van der Waals surface area contributed by atoms with Crippen molar-refractivity contribution in [2.75, 3.05) is 23.8 Å². The molecule has 0 amide bonds. The second-order valence-corrected chi connectivity index (χ2v) is 4.28. The molecule has 98 valence electrons. The number of benzene rings is 1. The van der Waals surface area contributed by atoms with Gasteiger partial charge in [0.05, 0.1) is 12.7 Å². The highest BCUT2D eigenvalue weighted by Crippen LogP contribution is 2.26. The number of aromatic nitrogens is 2. The van der Waals surface area contributed by atoms with Crippen LogP contribution in [0.2, 0.25) is 0 Å². The van der Waals surface area contributed by atoms with E-state index >= 15 is 0 Å². The molecule has 6 heteroatoms. The predicted molar refractivity (Wildman–Crippen MR) is 69.4 cm³/mol. The molecule has 2 aromatic rings. The predicted octanol–water partition coefficient (Wildman–Crippen LogP) is 1.60. The first kappa shape index (κ1) is 11.7. The summed E-state index contributed by atoms with van der Waals surface area (Å²) in [5, 5.41) is 0. The fraction of sp³-hybridized carbons (Fsp3) is 0.231. The molecule has 1 aliphatic heterocycles. The Bertz CT molecular complexity index is 605. The molecular formula is C13H13FN4O. The van der Waals surface area contributed by atoms with E-state index in [1.165, 1.54) is 0 Å². The van der Waals surface area contributed by atoms with Gasteiger partial charge in [-0.15, -0.1) is 0 Å². The summed E-state index contributed by atoms with van der Waals surface area (Å²) in [6.07, 6.45) is 1.09. The lowest BCUT2D eigenvalue weighted by atomic mass is 10.2. The van der Waals surface area contributed by atoms with E-state index in [-0.39, 0.29) is 11.8 Å². The number of hydrogen-bond donors (Lipinski definition) is 1. The van der Waals surface area contributed by atoms with E-state index in [9.17, 15) is 4.39 Å². The van der Waals surface area contributed by atoms with Gasteiger partial charge in [-0.1, -0.05) is 18.2 Å². The number of nitrogens with zero attached hydrogens (tertiary/aromatic N) is 3. The number of fused-ring (bicyclic) bond motifs is 1. The number of rotatable bonds is 1. The van der Waals surface area contributed by atoms with Gasteiger partial charge >= 0.3 is 0 Å². The van der Waals surface area contributed by atoms with E-state index in [0.717, 1.165) is 17.5 Å². The van der Waals surface area contributed by atoms with E-state index in [0.29, 0.717) is 19.7 Å². The SMILES string of the molecule is Nc1ncc(F)c(N2CCOc3ccccc3C2)n1. The van der Waals surface area contributed by atoms with Crippen LogP contribution >= 0.6 is 0 Å². The van der Waals surface area contributed by atoms with Crippen molar-refractivity contribution in [1.29, 1.82) is 0 Å². The summed E-state index contributed by atoms with van der Waals surface area (Å²) in [6, 6.07) is 7.70. The largest absolute Gasteiger partial charge is 0.491 e. The van der Waals surface area contributed by atoms with E-state index in [4.69, 9.17) is 10.5 Å². The van der Waals surface area contributed by atoms with Crippen LogP contribution < -0.4 is 15.4 Å². The molecule has 0 fully saturated rings. The van der Waals surface area contributed by atoms with Gasteiger partial charge in [-0.2, -0.15) is 4.98 Å². The highest BCUT2D eigenvalue weighted by Gasteiger charge is 2.19. The Kier molecular flexibility index (Phi) is 2.91. The molecule has 2 N–H and O–H groups in total.